The monoisotopic (exact) mass is 419 g/mol. The summed E-state index contributed by atoms with van der Waals surface area (Å²) in [5, 5.41) is 10.6. The number of fused-ring (bicyclic) bond motifs is 1. The molecule has 1 aromatic heterocycles. The number of halogens is 4. The number of nitrogens with one attached hydrogen (secondary N) is 1. The number of ketones is 1. The third kappa shape index (κ3) is 4.33. The van der Waals surface area contributed by atoms with E-state index in [0.717, 1.165) is 12.1 Å². The van der Waals surface area contributed by atoms with E-state index in [1.165, 1.54) is 19.1 Å². The van der Waals surface area contributed by atoms with Gasteiger partial charge in [0.1, 0.15) is 17.2 Å². The summed E-state index contributed by atoms with van der Waals surface area (Å²) in [5.74, 6) is -0.909. The number of aliphatic hydroxyl groups is 1. The van der Waals surface area contributed by atoms with E-state index in [-0.39, 0.29) is 17.8 Å². The van der Waals surface area contributed by atoms with Gasteiger partial charge in [0.15, 0.2) is 11.5 Å². The van der Waals surface area contributed by atoms with Gasteiger partial charge in [0.05, 0.1) is 23.2 Å². The van der Waals surface area contributed by atoms with E-state index in [4.69, 9.17) is 6.57 Å². The van der Waals surface area contributed by atoms with Crippen LogP contribution in [-0.2, 0) is 23.8 Å². The summed E-state index contributed by atoms with van der Waals surface area (Å²) in [6.45, 7) is 9.69. The molecule has 0 bridgehead atoms. The Labute approximate surface area is 169 Å². The van der Waals surface area contributed by atoms with Gasteiger partial charge in [-0.1, -0.05) is 18.2 Å². The molecular weight excluding hydrogens is 402 g/mol. The maximum atomic E-state index is 13.7. The number of alkyl halides is 3. The van der Waals surface area contributed by atoms with Crippen LogP contribution < -0.4 is 0 Å². The molecular formula is C21H17F4N3O2. The molecule has 3 aromatic rings. The van der Waals surface area contributed by atoms with E-state index < -0.39 is 41.0 Å². The highest BCUT2D eigenvalue weighted by Crippen LogP contribution is 2.37. The number of rotatable bonds is 5. The highest BCUT2D eigenvalue weighted by molar-refractivity contribution is 5.89. The lowest BCUT2D eigenvalue weighted by Crippen LogP contribution is -2.39. The van der Waals surface area contributed by atoms with Gasteiger partial charge in [-0.3, -0.25) is 4.79 Å². The quantitative estimate of drug-likeness (QED) is 0.466. The van der Waals surface area contributed by atoms with Crippen molar-refractivity contribution < 1.29 is 27.5 Å². The summed E-state index contributed by atoms with van der Waals surface area (Å²) in [6, 6.07) is 5.79. The molecule has 0 amide bonds. The van der Waals surface area contributed by atoms with E-state index >= 15 is 0 Å². The first-order valence-electron chi connectivity index (χ1n) is 8.89. The summed E-state index contributed by atoms with van der Waals surface area (Å²) < 4.78 is 53.0. The lowest BCUT2D eigenvalue weighted by Gasteiger charge is -2.21. The highest BCUT2D eigenvalue weighted by atomic mass is 19.4. The highest BCUT2D eigenvalue weighted by Gasteiger charge is 2.35. The van der Waals surface area contributed by atoms with Crippen LogP contribution in [0.5, 0.6) is 0 Å². The number of hydrogen-bond acceptors (Lipinski definition) is 3. The Balaban J connectivity index is 1.82. The van der Waals surface area contributed by atoms with Crippen molar-refractivity contribution in [2.24, 2.45) is 0 Å². The summed E-state index contributed by atoms with van der Waals surface area (Å²) in [4.78, 5) is 22.5. The van der Waals surface area contributed by atoms with Gasteiger partial charge in [-0.2, -0.15) is 13.2 Å². The minimum atomic E-state index is -4.73. The van der Waals surface area contributed by atoms with E-state index in [1.54, 1.807) is 13.0 Å². The molecule has 0 fully saturated rings. The molecule has 0 saturated carbocycles. The molecule has 5 nitrogen and oxygen atoms in total. The van der Waals surface area contributed by atoms with Gasteiger partial charge in [0.25, 0.3) is 0 Å². The number of imidazole rings is 1. The average molecular weight is 419 g/mol. The predicted molar refractivity (Wildman–Crippen MR) is 102 cm³/mol. The number of aryl methyl sites for hydroxylation is 1. The van der Waals surface area contributed by atoms with Crippen molar-refractivity contribution in [3.05, 3.63) is 70.1 Å². The van der Waals surface area contributed by atoms with Crippen LogP contribution >= 0.6 is 0 Å². The van der Waals surface area contributed by atoms with Crippen LogP contribution in [0.2, 0.25) is 0 Å². The number of benzene rings is 2. The zero-order chi connectivity index (χ0) is 22.3. The summed E-state index contributed by atoms with van der Waals surface area (Å²) in [5.41, 5.74) is -2.30. The van der Waals surface area contributed by atoms with Crippen molar-refractivity contribution in [3.8, 4) is 0 Å². The molecule has 30 heavy (non-hydrogen) atoms. The first-order chi connectivity index (χ1) is 13.9. The normalized spacial score (nSPS) is 13.8. The van der Waals surface area contributed by atoms with Crippen LogP contribution in [0.3, 0.4) is 0 Å². The standard InChI is InChI=1S/C21H17F4N3O2/c1-11-6-16-17(9-14(11)22)28-19(27-16)10-20(2,30)18(29)8-12-4-5-15(26-3)13(7-12)21(23,24)25/h4-7,9,30H,8,10H2,1-2H3,(H,27,28)/t20-/m0/s1. The molecule has 156 valence electrons. The maximum absolute atomic E-state index is 13.7. The number of aromatic nitrogens is 2. The second kappa shape index (κ2) is 7.54. The first kappa shape index (κ1) is 21.5. The molecule has 1 heterocycles. The molecule has 0 radical (unpaired) electrons. The molecule has 2 aromatic carbocycles. The zero-order valence-corrected chi connectivity index (χ0v) is 16.1. The Hall–Kier alpha value is -3.25. The Kier molecular flexibility index (Phi) is 5.39. The lowest BCUT2D eigenvalue weighted by molar-refractivity contribution is -0.137. The van der Waals surface area contributed by atoms with E-state index in [9.17, 15) is 27.5 Å². The number of hydrogen-bond donors (Lipinski definition) is 2. The van der Waals surface area contributed by atoms with Crippen LogP contribution in [-0.4, -0.2) is 26.5 Å². The number of nitrogens with zero attached hydrogens (tertiary/aromatic N) is 2. The first-order valence-corrected chi connectivity index (χ1v) is 8.89. The van der Waals surface area contributed by atoms with Crippen LogP contribution in [0.4, 0.5) is 23.2 Å². The predicted octanol–water partition coefficient (Wildman–Crippen LogP) is 4.69. The van der Waals surface area contributed by atoms with Gasteiger partial charge >= 0.3 is 6.18 Å². The number of aromatic amines is 1. The van der Waals surface area contributed by atoms with Crippen LogP contribution in [0.15, 0.2) is 30.3 Å². The minimum absolute atomic E-state index is 0.0299. The van der Waals surface area contributed by atoms with Gasteiger partial charge in [-0.25, -0.2) is 14.2 Å². The molecule has 9 heteroatoms. The van der Waals surface area contributed by atoms with Crippen LogP contribution in [0, 0.1) is 19.3 Å². The largest absolute Gasteiger partial charge is 0.407 e. The van der Waals surface area contributed by atoms with Crippen LogP contribution in [0.25, 0.3) is 15.9 Å². The Morgan fingerprint density at radius 3 is 2.60 bits per heavy atom. The Bertz CT molecular complexity index is 1130. The fraction of sp³-hybridized carbons (Fsp3) is 0.286. The zero-order valence-electron chi connectivity index (χ0n) is 16.1. The second-order valence-corrected chi connectivity index (χ2v) is 7.31. The van der Waals surface area contributed by atoms with E-state index in [2.05, 4.69) is 14.8 Å². The van der Waals surface area contributed by atoms with Crippen molar-refractivity contribution in [3.63, 3.8) is 0 Å². The summed E-state index contributed by atoms with van der Waals surface area (Å²) >= 11 is 0. The molecule has 0 aliphatic heterocycles. The molecule has 0 unspecified atom stereocenters. The fourth-order valence-corrected chi connectivity index (χ4v) is 3.09. The molecule has 1 atom stereocenters. The van der Waals surface area contributed by atoms with Crippen molar-refractivity contribution in [2.45, 2.75) is 38.5 Å². The van der Waals surface area contributed by atoms with Gasteiger partial charge in [0, 0.05) is 18.9 Å². The van der Waals surface area contributed by atoms with E-state index in [0.29, 0.717) is 16.6 Å². The Morgan fingerprint density at radius 1 is 1.27 bits per heavy atom. The number of H-pyrrole nitrogens is 1. The van der Waals surface area contributed by atoms with Gasteiger partial charge in [-0.15, -0.1) is 0 Å². The van der Waals surface area contributed by atoms with E-state index in [1.807, 2.05) is 0 Å². The van der Waals surface area contributed by atoms with Gasteiger partial charge < -0.3 is 10.1 Å². The van der Waals surface area contributed by atoms with Crippen molar-refractivity contribution in [1.29, 1.82) is 0 Å². The molecule has 0 spiro atoms. The summed E-state index contributed by atoms with van der Waals surface area (Å²) in [7, 11) is 0. The van der Waals surface area contributed by atoms with Gasteiger partial charge in [-0.05, 0) is 31.0 Å². The molecule has 0 aliphatic carbocycles. The van der Waals surface area contributed by atoms with Crippen LogP contribution in [0.1, 0.15) is 29.4 Å². The topological polar surface area (TPSA) is 70.3 Å². The minimum Gasteiger partial charge on any atom is -0.382 e. The van der Waals surface area contributed by atoms with Crippen molar-refractivity contribution in [2.75, 3.05) is 0 Å². The SMILES string of the molecule is [C-]#[N+]c1ccc(CC(=O)[C@@](C)(O)Cc2nc3cc(F)c(C)cc3[nH]2)cc1C(F)(F)F. The molecule has 0 saturated heterocycles. The fourth-order valence-electron chi connectivity index (χ4n) is 3.09. The molecule has 3 rings (SSSR count). The number of carbonyl (C=O) groups excluding carboxylic acids is 1. The number of Topliss-reactive ketones (excluding diaryl/α,β-unsaturated/α-hetero) is 1. The van der Waals surface area contributed by atoms with Crippen molar-refractivity contribution >= 4 is 22.5 Å². The third-order valence-corrected chi connectivity index (χ3v) is 4.78. The lowest BCUT2D eigenvalue weighted by atomic mass is 9.91. The summed E-state index contributed by atoms with van der Waals surface area (Å²) in [6.07, 6.45) is -5.42. The molecule has 0 aliphatic rings. The van der Waals surface area contributed by atoms with Gasteiger partial charge in [0.2, 0.25) is 0 Å². The number of carbonyl (C=O) groups is 1. The van der Waals surface area contributed by atoms with Crippen molar-refractivity contribution in [1.82, 2.24) is 9.97 Å². The third-order valence-electron chi connectivity index (χ3n) is 4.78. The molecule has 2 N–H and O–H groups in total. The smallest absolute Gasteiger partial charge is 0.382 e. The second-order valence-electron chi connectivity index (χ2n) is 7.31. The average Bonchev–Trinajstić information content (AvgIpc) is 3.01. The Morgan fingerprint density at radius 2 is 1.97 bits per heavy atom. The maximum Gasteiger partial charge on any atom is 0.407 e.